The van der Waals surface area contributed by atoms with Crippen molar-refractivity contribution in [1.82, 2.24) is 20.3 Å². The van der Waals surface area contributed by atoms with E-state index < -0.39 is 5.97 Å². The zero-order chi connectivity index (χ0) is 24.4. The lowest BCUT2D eigenvalue weighted by Gasteiger charge is -2.10. The van der Waals surface area contributed by atoms with Crippen LogP contribution in [0.2, 0.25) is 0 Å². The van der Waals surface area contributed by atoms with Gasteiger partial charge in [0.2, 0.25) is 5.91 Å². The topological polar surface area (TPSA) is 140 Å². The molecule has 10 heteroatoms. The summed E-state index contributed by atoms with van der Waals surface area (Å²) in [5, 5.41) is 31.4. The van der Waals surface area contributed by atoms with Crippen molar-refractivity contribution in [3.05, 3.63) is 54.2 Å². The average molecular weight is 476 g/mol. The molecule has 180 valence electrons. The van der Waals surface area contributed by atoms with E-state index in [1.54, 1.807) is 10.9 Å². The number of ether oxygens (including phenoxy) is 1. The lowest BCUT2D eigenvalue weighted by molar-refractivity contribution is -0.121. The lowest BCUT2D eigenvalue weighted by atomic mass is 10.0. The van der Waals surface area contributed by atoms with Gasteiger partial charge in [-0.25, -0.2) is 4.79 Å². The first kappa shape index (κ1) is 22.6. The lowest BCUT2D eigenvalue weighted by Crippen LogP contribution is -2.32. The number of hydrogen-bond acceptors (Lipinski definition) is 7. The molecule has 1 saturated heterocycles. The molecule has 0 aliphatic carbocycles. The largest absolute Gasteiger partial charge is 0.507 e. The van der Waals surface area contributed by atoms with Crippen molar-refractivity contribution in [3.8, 4) is 28.3 Å². The number of fused-ring (bicyclic) bond motifs is 1. The molecule has 1 atom stereocenters. The molecule has 1 aliphatic rings. The minimum atomic E-state index is -1.25. The van der Waals surface area contributed by atoms with Crippen LogP contribution < -0.4 is 5.32 Å². The first-order valence-corrected chi connectivity index (χ1v) is 11.4. The quantitative estimate of drug-likeness (QED) is 0.351. The highest BCUT2D eigenvalue weighted by Crippen LogP contribution is 2.42. The number of aromatic nitrogens is 3. The molecular weight excluding hydrogens is 452 g/mol. The molecule has 1 amide bonds. The van der Waals surface area contributed by atoms with E-state index in [0.717, 1.165) is 25.0 Å². The summed E-state index contributed by atoms with van der Waals surface area (Å²) in [6, 6.07) is 12.0. The first-order valence-electron chi connectivity index (χ1n) is 11.4. The highest BCUT2D eigenvalue weighted by Gasteiger charge is 2.23. The number of carboxylic acid groups (broad SMARTS) is 1. The van der Waals surface area contributed by atoms with E-state index in [1.807, 2.05) is 30.3 Å². The van der Waals surface area contributed by atoms with Gasteiger partial charge in [-0.05, 0) is 18.9 Å². The molecule has 0 radical (unpaired) electrons. The van der Waals surface area contributed by atoms with Gasteiger partial charge < -0.3 is 24.7 Å². The minimum absolute atomic E-state index is 0.0813. The Balaban J connectivity index is 1.43. The highest BCUT2D eigenvalue weighted by molar-refractivity contribution is 6.05. The van der Waals surface area contributed by atoms with Crippen molar-refractivity contribution in [3.63, 3.8) is 0 Å². The fraction of sp³-hybridized carbons (Fsp3) is 0.280. The molecule has 5 rings (SSSR count). The van der Waals surface area contributed by atoms with Crippen LogP contribution in [-0.4, -0.2) is 56.3 Å². The number of aromatic carboxylic acids is 1. The maximum absolute atomic E-state index is 12.2. The Morgan fingerprint density at radius 1 is 1.20 bits per heavy atom. The van der Waals surface area contributed by atoms with Crippen LogP contribution in [0.3, 0.4) is 0 Å². The summed E-state index contributed by atoms with van der Waals surface area (Å²) in [5.41, 5.74) is 1.86. The summed E-state index contributed by atoms with van der Waals surface area (Å²) >= 11 is 0. The van der Waals surface area contributed by atoms with Gasteiger partial charge >= 0.3 is 5.97 Å². The Bertz CT molecular complexity index is 1370. The summed E-state index contributed by atoms with van der Waals surface area (Å²) in [5.74, 6) is -1.26. The van der Waals surface area contributed by atoms with E-state index >= 15 is 0 Å². The van der Waals surface area contributed by atoms with Crippen molar-refractivity contribution < 1.29 is 29.0 Å². The van der Waals surface area contributed by atoms with Gasteiger partial charge in [0.25, 0.3) is 0 Å². The van der Waals surface area contributed by atoms with Crippen molar-refractivity contribution in [2.75, 3.05) is 13.2 Å². The van der Waals surface area contributed by atoms with Crippen molar-refractivity contribution >= 4 is 22.8 Å². The molecular formula is C25H24N4O6. The normalized spacial score (nSPS) is 15.5. The van der Waals surface area contributed by atoms with E-state index in [4.69, 9.17) is 9.15 Å². The second-order valence-corrected chi connectivity index (χ2v) is 8.40. The smallest absolute Gasteiger partial charge is 0.339 e. The van der Waals surface area contributed by atoms with Gasteiger partial charge in [-0.3, -0.25) is 9.48 Å². The van der Waals surface area contributed by atoms with Gasteiger partial charge in [0.1, 0.15) is 28.4 Å². The number of rotatable bonds is 8. The van der Waals surface area contributed by atoms with Crippen molar-refractivity contribution in [2.45, 2.75) is 31.9 Å². The number of nitrogens with one attached hydrogen (secondary N) is 1. The van der Waals surface area contributed by atoms with Gasteiger partial charge in [0.05, 0.1) is 24.4 Å². The summed E-state index contributed by atoms with van der Waals surface area (Å²) in [6.07, 6.45) is 3.97. The van der Waals surface area contributed by atoms with Crippen LogP contribution in [0.4, 0.5) is 0 Å². The second-order valence-electron chi connectivity index (χ2n) is 8.40. The summed E-state index contributed by atoms with van der Waals surface area (Å²) in [7, 11) is 0. The van der Waals surface area contributed by atoms with E-state index in [1.165, 1.54) is 12.1 Å². The number of benzene rings is 2. The minimum Gasteiger partial charge on any atom is -0.507 e. The third-order valence-electron chi connectivity index (χ3n) is 5.99. The number of carbonyl (C=O) groups is 2. The molecule has 2 aromatic carbocycles. The molecule has 2 aromatic heterocycles. The third kappa shape index (κ3) is 4.73. The van der Waals surface area contributed by atoms with E-state index in [0.29, 0.717) is 41.1 Å². The molecule has 3 heterocycles. The van der Waals surface area contributed by atoms with E-state index in [9.17, 15) is 19.8 Å². The number of hydrogen-bond donors (Lipinski definition) is 3. The van der Waals surface area contributed by atoms with Crippen LogP contribution in [0.25, 0.3) is 33.6 Å². The number of carbonyl (C=O) groups excluding carboxylic acids is 1. The van der Waals surface area contributed by atoms with Crippen LogP contribution in [0.1, 0.15) is 29.6 Å². The Morgan fingerprint density at radius 3 is 2.77 bits per heavy atom. The van der Waals surface area contributed by atoms with Crippen LogP contribution in [-0.2, 0) is 16.1 Å². The van der Waals surface area contributed by atoms with Crippen LogP contribution in [0.15, 0.2) is 53.1 Å². The van der Waals surface area contributed by atoms with E-state index in [2.05, 4.69) is 15.6 Å². The van der Waals surface area contributed by atoms with Gasteiger partial charge in [-0.1, -0.05) is 35.5 Å². The molecule has 1 aliphatic heterocycles. The maximum atomic E-state index is 12.2. The van der Waals surface area contributed by atoms with Crippen LogP contribution >= 0.6 is 0 Å². The SMILES string of the molecule is O=C(CCn1cc(-c2c(-c3ccccc3)oc3cc(O)c(C(=O)O)cc23)nn1)NCC1CCCO1. The number of amides is 1. The van der Waals surface area contributed by atoms with Gasteiger partial charge in [0.15, 0.2) is 0 Å². The fourth-order valence-corrected chi connectivity index (χ4v) is 4.21. The number of aromatic hydroxyl groups is 1. The zero-order valence-corrected chi connectivity index (χ0v) is 18.8. The van der Waals surface area contributed by atoms with Gasteiger partial charge in [0, 0.05) is 36.6 Å². The monoisotopic (exact) mass is 476 g/mol. The number of nitrogens with zero attached hydrogens (tertiary/aromatic N) is 3. The molecule has 1 fully saturated rings. The number of aryl methyl sites for hydroxylation is 1. The Hall–Kier alpha value is -4.18. The Morgan fingerprint density at radius 2 is 2.03 bits per heavy atom. The molecule has 0 spiro atoms. The predicted molar refractivity (Wildman–Crippen MR) is 126 cm³/mol. The number of furan rings is 1. The summed E-state index contributed by atoms with van der Waals surface area (Å²) < 4.78 is 13.1. The van der Waals surface area contributed by atoms with E-state index in [-0.39, 0.29) is 29.7 Å². The Labute approximate surface area is 200 Å². The average Bonchev–Trinajstić information content (AvgIpc) is 3.61. The summed E-state index contributed by atoms with van der Waals surface area (Å²) in [6.45, 7) is 1.56. The standard InChI is InChI=1S/C25H24N4O6/c30-20-12-21-18(11-17(20)25(32)33)23(24(35-21)15-5-2-1-3-6-15)19-14-29(28-27-19)9-8-22(31)26-13-16-7-4-10-34-16/h1-3,5-6,11-12,14,16,30H,4,7-10,13H2,(H,26,31)(H,32,33). The molecule has 0 bridgehead atoms. The Kier molecular flexibility index (Phi) is 6.19. The zero-order valence-electron chi connectivity index (χ0n) is 18.8. The maximum Gasteiger partial charge on any atom is 0.339 e. The van der Waals surface area contributed by atoms with Crippen molar-refractivity contribution in [2.24, 2.45) is 0 Å². The first-order chi connectivity index (χ1) is 17.0. The fourth-order valence-electron chi connectivity index (χ4n) is 4.21. The molecule has 10 nitrogen and oxygen atoms in total. The molecule has 3 N–H and O–H groups in total. The molecule has 4 aromatic rings. The molecule has 1 unspecified atom stereocenters. The van der Waals surface area contributed by atoms with Crippen LogP contribution in [0, 0.1) is 0 Å². The number of phenols is 1. The molecule has 35 heavy (non-hydrogen) atoms. The van der Waals surface area contributed by atoms with Gasteiger partial charge in [-0.15, -0.1) is 5.10 Å². The highest BCUT2D eigenvalue weighted by atomic mass is 16.5. The third-order valence-corrected chi connectivity index (χ3v) is 5.99. The predicted octanol–water partition coefficient (Wildman–Crippen LogP) is 3.45. The number of carboxylic acids is 1. The van der Waals surface area contributed by atoms with Crippen molar-refractivity contribution in [1.29, 1.82) is 0 Å². The van der Waals surface area contributed by atoms with Gasteiger partial charge in [-0.2, -0.15) is 0 Å². The summed E-state index contributed by atoms with van der Waals surface area (Å²) in [4.78, 5) is 23.8. The second kappa shape index (κ2) is 9.59. The molecule has 0 saturated carbocycles. The van der Waals surface area contributed by atoms with Crippen LogP contribution in [0.5, 0.6) is 5.75 Å².